The van der Waals surface area contributed by atoms with E-state index in [-0.39, 0.29) is 5.75 Å². The molecule has 9 heteroatoms. The lowest BCUT2D eigenvalue weighted by molar-refractivity contribution is 0.0729. The number of benzene rings is 3. The summed E-state index contributed by atoms with van der Waals surface area (Å²) >= 11 is 3.35. The van der Waals surface area contributed by atoms with Gasteiger partial charge in [0.1, 0.15) is 11.5 Å². The molecule has 3 aromatic rings. The van der Waals surface area contributed by atoms with Crippen molar-refractivity contribution in [3.05, 3.63) is 81.8 Å². The topological polar surface area (TPSA) is 95.5 Å². The van der Waals surface area contributed by atoms with Gasteiger partial charge in [-0.2, -0.15) is 5.10 Å². The predicted octanol–water partition coefficient (Wildman–Crippen LogP) is 4.85. The Balaban J connectivity index is 1.69. The number of hydrogen-bond donors (Lipinski definition) is 1. The predicted molar refractivity (Wildman–Crippen MR) is 131 cm³/mol. The lowest BCUT2D eigenvalue weighted by atomic mass is 10.2. The summed E-state index contributed by atoms with van der Waals surface area (Å²) in [5, 5.41) is 4.01. The molecule has 3 aromatic carbocycles. The summed E-state index contributed by atoms with van der Waals surface area (Å²) in [7, 11) is 3.01. The molecule has 0 atom stereocenters. The molecule has 0 aliphatic heterocycles. The van der Waals surface area contributed by atoms with E-state index in [0.717, 1.165) is 4.47 Å². The number of nitrogens with one attached hydrogen (secondary N) is 1. The zero-order valence-electron chi connectivity index (χ0n) is 18.8. The number of esters is 1. The van der Waals surface area contributed by atoms with Crippen LogP contribution in [0, 0.1) is 0 Å². The van der Waals surface area contributed by atoms with Crippen molar-refractivity contribution in [2.24, 2.45) is 5.10 Å². The summed E-state index contributed by atoms with van der Waals surface area (Å²) in [5.74, 6) is 0.733. The van der Waals surface area contributed by atoms with Crippen molar-refractivity contribution in [3.8, 4) is 23.0 Å². The Morgan fingerprint density at radius 2 is 1.68 bits per heavy atom. The van der Waals surface area contributed by atoms with Crippen LogP contribution in [0.1, 0.15) is 33.2 Å². The van der Waals surface area contributed by atoms with Gasteiger partial charge in [0.2, 0.25) is 0 Å². The van der Waals surface area contributed by atoms with Gasteiger partial charge in [-0.15, -0.1) is 0 Å². The van der Waals surface area contributed by atoms with Crippen molar-refractivity contribution in [3.63, 3.8) is 0 Å². The highest BCUT2D eigenvalue weighted by molar-refractivity contribution is 9.10. The molecule has 0 fully saturated rings. The molecule has 0 bridgehead atoms. The molecule has 0 unspecified atom stereocenters. The van der Waals surface area contributed by atoms with Crippen LogP contribution >= 0.6 is 15.9 Å². The van der Waals surface area contributed by atoms with Crippen LogP contribution in [0.2, 0.25) is 0 Å². The van der Waals surface area contributed by atoms with Gasteiger partial charge in [0, 0.05) is 4.47 Å². The molecular weight excluding hydrogens is 504 g/mol. The first-order chi connectivity index (χ1) is 16.4. The van der Waals surface area contributed by atoms with E-state index >= 15 is 0 Å². The maximum atomic E-state index is 12.5. The number of nitrogens with zero attached hydrogens (tertiary/aromatic N) is 1. The van der Waals surface area contributed by atoms with Gasteiger partial charge >= 0.3 is 5.97 Å². The van der Waals surface area contributed by atoms with Crippen molar-refractivity contribution < 1.29 is 28.5 Å². The van der Waals surface area contributed by atoms with Gasteiger partial charge in [-0.1, -0.05) is 15.9 Å². The molecule has 0 aliphatic carbocycles. The monoisotopic (exact) mass is 526 g/mol. The summed E-state index contributed by atoms with van der Waals surface area (Å²) in [6.07, 6.45) is 1.45. The summed E-state index contributed by atoms with van der Waals surface area (Å²) in [4.78, 5) is 25.0. The lowest BCUT2D eigenvalue weighted by Crippen LogP contribution is -2.18. The van der Waals surface area contributed by atoms with E-state index in [4.69, 9.17) is 18.9 Å². The van der Waals surface area contributed by atoms with E-state index in [1.165, 1.54) is 13.3 Å². The smallest absolute Gasteiger partial charge is 0.343 e. The van der Waals surface area contributed by atoms with Crippen LogP contribution in [0.25, 0.3) is 0 Å². The highest BCUT2D eigenvalue weighted by Gasteiger charge is 2.14. The molecule has 0 heterocycles. The van der Waals surface area contributed by atoms with Crippen LogP contribution in [0.4, 0.5) is 0 Å². The average molecular weight is 527 g/mol. The third-order valence-electron chi connectivity index (χ3n) is 4.58. The van der Waals surface area contributed by atoms with Crippen LogP contribution < -0.4 is 24.4 Å². The molecule has 176 valence electrons. The standard InChI is InChI=1S/C25H23BrN2O6/c1-4-33-21-12-8-18(26)14-20(21)24(29)28-27-15-16-5-11-22(23(13-16)32-3)34-25(30)17-6-9-19(31-2)10-7-17/h5-15H,4H2,1-3H3,(H,28,29). The lowest BCUT2D eigenvalue weighted by Gasteiger charge is -2.10. The number of ether oxygens (including phenoxy) is 4. The Labute approximate surface area is 205 Å². The van der Waals surface area contributed by atoms with E-state index in [9.17, 15) is 9.59 Å². The fourth-order valence-electron chi connectivity index (χ4n) is 2.92. The summed E-state index contributed by atoms with van der Waals surface area (Å²) < 4.78 is 22.1. The molecule has 0 spiro atoms. The molecule has 8 nitrogen and oxygen atoms in total. The Hall–Kier alpha value is -3.85. The van der Waals surface area contributed by atoms with E-state index in [2.05, 4.69) is 26.5 Å². The fraction of sp³-hybridized carbons (Fsp3) is 0.160. The zero-order valence-corrected chi connectivity index (χ0v) is 20.4. The van der Waals surface area contributed by atoms with E-state index < -0.39 is 11.9 Å². The first kappa shape index (κ1) is 24.8. The quantitative estimate of drug-likeness (QED) is 0.185. The van der Waals surface area contributed by atoms with Crippen molar-refractivity contribution in [2.75, 3.05) is 20.8 Å². The number of rotatable bonds is 9. The second kappa shape index (κ2) is 11.9. The molecule has 1 N–H and O–H groups in total. The molecule has 0 aliphatic rings. The van der Waals surface area contributed by atoms with Crippen LogP contribution in [-0.2, 0) is 0 Å². The van der Waals surface area contributed by atoms with Gasteiger partial charge in [0.25, 0.3) is 5.91 Å². The van der Waals surface area contributed by atoms with Crippen LogP contribution in [-0.4, -0.2) is 38.9 Å². The third kappa shape index (κ3) is 6.35. The van der Waals surface area contributed by atoms with Crippen LogP contribution in [0.5, 0.6) is 23.0 Å². The number of hydrazone groups is 1. The Morgan fingerprint density at radius 3 is 2.35 bits per heavy atom. The number of carbonyl (C=O) groups is 2. The van der Waals surface area contributed by atoms with Gasteiger partial charge < -0.3 is 18.9 Å². The molecular formula is C25H23BrN2O6. The Bertz CT molecular complexity index is 1190. The third-order valence-corrected chi connectivity index (χ3v) is 5.08. The van der Waals surface area contributed by atoms with E-state index in [1.54, 1.807) is 67.8 Å². The molecule has 0 aromatic heterocycles. The van der Waals surface area contributed by atoms with E-state index in [1.807, 2.05) is 6.92 Å². The van der Waals surface area contributed by atoms with Crippen LogP contribution in [0.15, 0.2) is 70.2 Å². The first-order valence-electron chi connectivity index (χ1n) is 10.2. The largest absolute Gasteiger partial charge is 0.497 e. The second-order valence-corrected chi connectivity index (χ2v) is 7.72. The highest BCUT2D eigenvalue weighted by atomic mass is 79.9. The molecule has 1 amide bonds. The van der Waals surface area contributed by atoms with Crippen molar-refractivity contribution in [1.82, 2.24) is 5.43 Å². The van der Waals surface area contributed by atoms with Crippen molar-refractivity contribution in [2.45, 2.75) is 6.92 Å². The van der Waals surface area contributed by atoms with E-state index in [0.29, 0.717) is 40.5 Å². The Kier molecular flexibility index (Phi) is 8.64. The van der Waals surface area contributed by atoms with Gasteiger partial charge in [0.05, 0.1) is 38.2 Å². The fourth-order valence-corrected chi connectivity index (χ4v) is 3.28. The number of methoxy groups -OCH3 is 2. The van der Waals surface area contributed by atoms with Gasteiger partial charge in [-0.05, 0) is 73.2 Å². The minimum Gasteiger partial charge on any atom is -0.497 e. The maximum absolute atomic E-state index is 12.5. The molecule has 0 saturated heterocycles. The first-order valence-corrected chi connectivity index (χ1v) is 11.0. The minimum atomic E-state index is -0.534. The molecule has 34 heavy (non-hydrogen) atoms. The average Bonchev–Trinajstić information content (AvgIpc) is 2.85. The summed E-state index contributed by atoms with van der Waals surface area (Å²) in [5.41, 5.74) is 3.83. The van der Waals surface area contributed by atoms with Crippen molar-refractivity contribution >= 4 is 34.0 Å². The summed E-state index contributed by atoms with van der Waals surface area (Å²) in [6.45, 7) is 2.27. The minimum absolute atomic E-state index is 0.250. The van der Waals surface area contributed by atoms with Crippen molar-refractivity contribution in [1.29, 1.82) is 0 Å². The number of carbonyl (C=O) groups excluding carboxylic acids is 2. The number of halogens is 1. The number of amides is 1. The maximum Gasteiger partial charge on any atom is 0.343 e. The molecule has 3 rings (SSSR count). The molecule has 0 radical (unpaired) electrons. The summed E-state index contributed by atoms with van der Waals surface area (Å²) in [6, 6.07) is 16.6. The normalized spacial score (nSPS) is 10.6. The highest BCUT2D eigenvalue weighted by Crippen LogP contribution is 2.29. The van der Waals surface area contributed by atoms with Gasteiger partial charge in [0.15, 0.2) is 11.5 Å². The molecule has 0 saturated carbocycles. The SMILES string of the molecule is CCOc1ccc(Br)cc1C(=O)NN=Cc1ccc(OC(=O)c2ccc(OC)cc2)c(OC)c1. The van der Waals surface area contributed by atoms with Crippen LogP contribution in [0.3, 0.4) is 0 Å². The zero-order chi connectivity index (χ0) is 24.5. The Morgan fingerprint density at radius 1 is 0.941 bits per heavy atom. The second-order valence-electron chi connectivity index (χ2n) is 6.80. The number of hydrogen-bond acceptors (Lipinski definition) is 7. The van der Waals surface area contributed by atoms with Gasteiger partial charge in [-0.25, -0.2) is 10.2 Å². The van der Waals surface area contributed by atoms with Gasteiger partial charge in [-0.3, -0.25) is 4.79 Å².